The Morgan fingerprint density at radius 2 is 2.17 bits per heavy atom. The third-order valence-corrected chi connectivity index (χ3v) is 6.46. The molecule has 0 spiro atoms. The maximum Gasteiger partial charge on any atom is 0.326 e. The summed E-state index contributed by atoms with van der Waals surface area (Å²) in [4.78, 5) is 31.4. The van der Waals surface area contributed by atoms with Crippen LogP contribution in [0.4, 0.5) is 0 Å². The molecule has 0 aromatic carbocycles. The molecule has 1 saturated heterocycles. The van der Waals surface area contributed by atoms with E-state index < -0.39 is 12.0 Å². The van der Waals surface area contributed by atoms with Crippen LogP contribution in [0.5, 0.6) is 0 Å². The van der Waals surface area contributed by atoms with Crippen molar-refractivity contribution in [1.29, 1.82) is 0 Å². The number of carbonyl (C=O) groups is 2. The number of nitrogens with zero attached hydrogens (tertiary/aromatic N) is 2. The number of ether oxygens (including phenoxy) is 1. The summed E-state index contributed by atoms with van der Waals surface area (Å²) in [5.41, 5.74) is 0.592. The number of aromatic nitrogens is 1. The van der Waals surface area contributed by atoms with Crippen LogP contribution in [-0.2, 0) is 9.53 Å². The van der Waals surface area contributed by atoms with Crippen LogP contribution in [0, 0.1) is 6.92 Å². The summed E-state index contributed by atoms with van der Waals surface area (Å²) >= 11 is 8.60. The number of thiazole rings is 1. The Kier molecular flexibility index (Phi) is 4.91. The number of halogens is 1. The predicted octanol–water partition coefficient (Wildman–Crippen LogP) is 3.15. The lowest BCUT2D eigenvalue weighted by Crippen LogP contribution is -2.40. The highest BCUT2D eigenvalue weighted by Gasteiger charge is 2.41. The monoisotopic (exact) mass is 386 g/mol. The van der Waals surface area contributed by atoms with Crippen molar-refractivity contribution >= 4 is 46.2 Å². The molecule has 128 valence electrons. The van der Waals surface area contributed by atoms with Crippen LogP contribution in [0.2, 0.25) is 4.34 Å². The van der Waals surface area contributed by atoms with E-state index in [-0.39, 0.29) is 18.6 Å². The number of carboxylic acid groups (broad SMARTS) is 1. The minimum atomic E-state index is -1.02. The van der Waals surface area contributed by atoms with Crippen molar-refractivity contribution in [2.45, 2.75) is 25.5 Å². The van der Waals surface area contributed by atoms with Gasteiger partial charge in [-0.25, -0.2) is 9.78 Å². The van der Waals surface area contributed by atoms with Crippen molar-refractivity contribution in [3.63, 3.8) is 0 Å². The highest BCUT2D eigenvalue weighted by molar-refractivity contribution is 7.24. The quantitative estimate of drug-likeness (QED) is 0.873. The van der Waals surface area contributed by atoms with E-state index in [9.17, 15) is 14.7 Å². The zero-order valence-electron chi connectivity index (χ0n) is 13.0. The van der Waals surface area contributed by atoms with Gasteiger partial charge in [0, 0.05) is 20.1 Å². The Hall–Kier alpha value is -1.48. The van der Waals surface area contributed by atoms with Crippen LogP contribution in [0.3, 0.4) is 0 Å². The van der Waals surface area contributed by atoms with Crippen LogP contribution in [0.15, 0.2) is 12.1 Å². The molecule has 3 rings (SSSR count). The summed E-state index contributed by atoms with van der Waals surface area (Å²) in [6.45, 7) is 2.02. The van der Waals surface area contributed by atoms with Gasteiger partial charge in [-0.3, -0.25) is 4.79 Å². The van der Waals surface area contributed by atoms with E-state index in [2.05, 4.69) is 4.98 Å². The molecule has 2 aromatic rings. The smallest absolute Gasteiger partial charge is 0.326 e. The second kappa shape index (κ2) is 6.79. The van der Waals surface area contributed by atoms with Gasteiger partial charge in [-0.15, -0.1) is 22.7 Å². The first-order valence-electron chi connectivity index (χ1n) is 7.20. The fourth-order valence-electron chi connectivity index (χ4n) is 2.69. The third kappa shape index (κ3) is 3.19. The Morgan fingerprint density at radius 1 is 1.42 bits per heavy atom. The number of hydrogen-bond donors (Lipinski definition) is 1. The van der Waals surface area contributed by atoms with E-state index in [4.69, 9.17) is 16.3 Å². The average molecular weight is 387 g/mol. The molecule has 6 nitrogen and oxygen atoms in total. The zero-order valence-corrected chi connectivity index (χ0v) is 15.4. The topological polar surface area (TPSA) is 79.7 Å². The van der Waals surface area contributed by atoms with Crippen molar-refractivity contribution in [3.8, 4) is 9.88 Å². The molecule has 0 saturated carbocycles. The summed E-state index contributed by atoms with van der Waals surface area (Å²) < 4.78 is 5.88. The van der Waals surface area contributed by atoms with Crippen molar-refractivity contribution in [2.24, 2.45) is 0 Å². The number of aliphatic carboxylic acids is 1. The standard InChI is InChI=1S/C15H15ClN2O4S2/c1-7-12(24-13(17-7)10-3-4-11(16)23-10)14(19)18-6-8(22-2)5-9(18)15(20)21/h3-4,8-9H,5-6H2,1-2H3,(H,20,21). The number of carboxylic acids is 1. The van der Waals surface area contributed by atoms with E-state index in [1.165, 1.54) is 34.7 Å². The normalized spacial score (nSPS) is 20.5. The fraction of sp³-hybridized carbons (Fsp3) is 0.400. The Morgan fingerprint density at radius 3 is 2.75 bits per heavy atom. The number of carbonyl (C=O) groups excluding carboxylic acids is 1. The number of likely N-dealkylation sites (tertiary alicyclic amines) is 1. The zero-order chi connectivity index (χ0) is 17.4. The summed E-state index contributed by atoms with van der Waals surface area (Å²) in [5, 5.41) is 10.1. The number of amides is 1. The minimum Gasteiger partial charge on any atom is -0.480 e. The van der Waals surface area contributed by atoms with E-state index in [0.29, 0.717) is 26.3 Å². The Bertz CT molecular complexity index is 788. The van der Waals surface area contributed by atoms with Gasteiger partial charge in [-0.1, -0.05) is 11.6 Å². The number of hydrogen-bond acceptors (Lipinski definition) is 6. The molecule has 0 aliphatic carbocycles. The maximum absolute atomic E-state index is 12.8. The van der Waals surface area contributed by atoms with Gasteiger partial charge in [0.1, 0.15) is 15.9 Å². The molecule has 1 aliphatic rings. The summed E-state index contributed by atoms with van der Waals surface area (Å²) in [7, 11) is 1.52. The van der Waals surface area contributed by atoms with Crippen molar-refractivity contribution in [1.82, 2.24) is 9.88 Å². The summed E-state index contributed by atoms with van der Waals surface area (Å²) in [5.74, 6) is -1.33. The lowest BCUT2D eigenvalue weighted by molar-refractivity contribution is -0.141. The van der Waals surface area contributed by atoms with Crippen LogP contribution in [0.1, 0.15) is 21.8 Å². The largest absolute Gasteiger partial charge is 0.480 e. The molecular formula is C15H15ClN2O4S2. The molecule has 2 unspecified atom stereocenters. The molecule has 9 heteroatoms. The number of rotatable bonds is 4. The van der Waals surface area contributed by atoms with Gasteiger partial charge in [0.25, 0.3) is 5.91 Å². The third-order valence-electron chi connectivity index (χ3n) is 3.92. The first-order valence-corrected chi connectivity index (χ1v) is 9.21. The highest BCUT2D eigenvalue weighted by Crippen LogP contribution is 2.36. The maximum atomic E-state index is 12.8. The lowest BCUT2D eigenvalue weighted by atomic mass is 10.2. The Labute approximate surface area is 151 Å². The molecule has 1 N–H and O–H groups in total. The van der Waals surface area contributed by atoms with Crippen molar-refractivity contribution in [2.75, 3.05) is 13.7 Å². The molecule has 0 bridgehead atoms. The minimum absolute atomic E-state index is 0.265. The number of methoxy groups -OCH3 is 1. The molecule has 24 heavy (non-hydrogen) atoms. The SMILES string of the molecule is COC1CC(C(=O)O)N(C(=O)c2sc(-c3ccc(Cl)s3)nc2C)C1. The molecule has 2 atom stereocenters. The van der Waals surface area contributed by atoms with Gasteiger partial charge < -0.3 is 14.7 Å². The van der Waals surface area contributed by atoms with Crippen LogP contribution >= 0.6 is 34.3 Å². The van der Waals surface area contributed by atoms with Gasteiger partial charge in [0.15, 0.2) is 0 Å². The number of aryl methyl sites for hydroxylation is 1. The van der Waals surface area contributed by atoms with Gasteiger partial charge >= 0.3 is 5.97 Å². The van der Waals surface area contributed by atoms with E-state index in [1.807, 2.05) is 6.07 Å². The molecule has 1 fully saturated rings. The first kappa shape index (κ1) is 17.3. The molecule has 1 aliphatic heterocycles. The molecular weight excluding hydrogens is 372 g/mol. The second-order valence-electron chi connectivity index (χ2n) is 5.44. The average Bonchev–Trinajstić information content (AvgIpc) is 3.24. The number of thiophene rings is 1. The molecule has 1 amide bonds. The van der Waals surface area contributed by atoms with Crippen LogP contribution in [-0.4, -0.2) is 52.7 Å². The van der Waals surface area contributed by atoms with Gasteiger partial charge in [-0.05, 0) is 19.1 Å². The second-order valence-corrected chi connectivity index (χ2v) is 8.16. The van der Waals surface area contributed by atoms with Crippen LogP contribution in [0.25, 0.3) is 9.88 Å². The van der Waals surface area contributed by atoms with Gasteiger partial charge in [0.05, 0.1) is 21.0 Å². The first-order chi connectivity index (χ1) is 11.4. The Balaban J connectivity index is 1.89. The molecule has 0 radical (unpaired) electrons. The molecule has 3 heterocycles. The fourth-order valence-corrected chi connectivity index (χ4v) is 4.81. The lowest BCUT2D eigenvalue weighted by Gasteiger charge is -2.20. The van der Waals surface area contributed by atoms with Crippen LogP contribution < -0.4 is 0 Å². The van der Waals surface area contributed by atoms with Crippen molar-refractivity contribution in [3.05, 3.63) is 27.0 Å². The van der Waals surface area contributed by atoms with E-state index >= 15 is 0 Å². The predicted molar refractivity (Wildman–Crippen MR) is 93.0 cm³/mol. The van der Waals surface area contributed by atoms with E-state index in [0.717, 1.165) is 4.88 Å². The summed E-state index contributed by atoms with van der Waals surface area (Å²) in [6.07, 6.45) is 0.0295. The van der Waals surface area contributed by atoms with E-state index in [1.54, 1.807) is 13.0 Å². The molecule has 2 aromatic heterocycles. The highest BCUT2D eigenvalue weighted by atomic mass is 35.5. The summed E-state index contributed by atoms with van der Waals surface area (Å²) in [6, 6.07) is 2.77. The van der Waals surface area contributed by atoms with Gasteiger partial charge in [-0.2, -0.15) is 0 Å². The van der Waals surface area contributed by atoms with Crippen molar-refractivity contribution < 1.29 is 19.4 Å². The van der Waals surface area contributed by atoms with Gasteiger partial charge in [0.2, 0.25) is 0 Å².